The van der Waals surface area contributed by atoms with Crippen LogP contribution >= 0.6 is 24.0 Å². The number of anilines is 3. The molecular formula is C32H32Cl2N6O3. The van der Waals surface area contributed by atoms with Crippen LogP contribution in [0.15, 0.2) is 73.1 Å². The molecule has 1 fully saturated rings. The normalized spacial score (nSPS) is 14.7. The number of likely N-dealkylation sites (N-methyl/N-ethyl adjacent to an activating group) is 1. The van der Waals surface area contributed by atoms with Gasteiger partial charge in [0, 0.05) is 41.7 Å². The maximum atomic E-state index is 12.9. The first kappa shape index (κ1) is 31.6. The summed E-state index contributed by atoms with van der Waals surface area (Å²) in [6.07, 6.45) is 8.85. The highest BCUT2D eigenvalue weighted by Crippen LogP contribution is 2.37. The minimum Gasteiger partial charge on any atom is -0.492 e. The highest BCUT2D eigenvalue weighted by Gasteiger charge is 2.19. The summed E-state index contributed by atoms with van der Waals surface area (Å²) in [6, 6.07) is 16.9. The Kier molecular flexibility index (Phi) is 10.8. The standard InChI is InChI=1S/C32H31ClN6O3.ClH/c1-3-41-30-17-27-25(16-28(30)38-31(40)12-10-24-8-6-14-39(24)2)32(21(18-34)19-36-27)37-22-9-11-29(26(33)15-22)42-20-23-7-4-5-13-35-23;/h4-5,7,9-13,15-17,19,24H,3,6,8,14,20H2,1-2H3,(H,36,37)(H,38,40);1H/b12-10+;/t24-;/m1./s1. The molecule has 1 atom stereocenters. The molecule has 9 nitrogen and oxygen atoms in total. The van der Waals surface area contributed by atoms with Crippen LogP contribution in [0.4, 0.5) is 17.1 Å². The van der Waals surface area contributed by atoms with Crippen LogP contribution in [0.5, 0.6) is 11.5 Å². The molecule has 2 aromatic heterocycles. The van der Waals surface area contributed by atoms with Crippen molar-refractivity contribution in [1.82, 2.24) is 14.9 Å². The van der Waals surface area contributed by atoms with E-state index in [0.29, 0.717) is 56.7 Å². The van der Waals surface area contributed by atoms with Crippen LogP contribution in [0, 0.1) is 11.3 Å². The average Bonchev–Trinajstić information content (AvgIpc) is 3.41. The molecule has 1 aliphatic rings. The maximum Gasteiger partial charge on any atom is 0.248 e. The van der Waals surface area contributed by atoms with Crippen molar-refractivity contribution >= 4 is 57.9 Å². The summed E-state index contributed by atoms with van der Waals surface area (Å²) in [6.45, 7) is 3.58. The molecule has 0 aliphatic carbocycles. The number of nitriles is 1. The lowest BCUT2D eigenvalue weighted by atomic mass is 10.1. The van der Waals surface area contributed by atoms with Crippen molar-refractivity contribution in [3.05, 3.63) is 89.4 Å². The fourth-order valence-corrected chi connectivity index (χ4v) is 5.07. The molecule has 43 heavy (non-hydrogen) atoms. The van der Waals surface area contributed by atoms with Gasteiger partial charge in [-0.25, -0.2) is 0 Å². The Hall–Kier alpha value is -4.36. The van der Waals surface area contributed by atoms with E-state index >= 15 is 0 Å². The zero-order valence-corrected chi connectivity index (χ0v) is 25.4. The van der Waals surface area contributed by atoms with Gasteiger partial charge in [-0.05, 0) is 69.8 Å². The second kappa shape index (κ2) is 14.7. The fourth-order valence-electron chi connectivity index (χ4n) is 4.84. The van der Waals surface area contributed by atoms with Gasteiger partial charge < -0.3 is 20.1 Å². The Morgan fingerprint density at radius 3 is 2.74 bits per heavy atom. The number of pyridine rings is 2. The highest BCUT2D eigenvalue weighted by atomic mass is 35.5. The highest BCUT2D eigenvalue weighted by molar-refractivity contribution is 6.32. The number of aromatic nitrogens is 2. The van der Waals surface area contributed by atoms with Crippen molar-refractivity contribution in [2.45, 2.75) is 32.4 Å². The van der Waals surface area contributed by atoms with E-state index in [2.05, 4.69) is 38.6 Å². The molecule has 3 heterocycles. The summed E-state index contributed by atoms with van der Waals surface area (Å²) in [7, 11) is 2.06. The van der Waals surface area contributed by atoms with Crippen molar-refractivity contribution in [2.24, 2.45) is 0 Å². The first-order valence-electron chi connectivity index (χ1n) is 13.7. The van der Waals surface area contributed by atoms with Crippen molar-refractivity contribution in [3.8, 4) is 17.6 Å². The van der Waals surface area contributed by atoms with Crippen LogP contribution in [0.25, 0.3) is 10.9 Å². The molecule has 1 aliphatic heterocycles. The molecule has 5 rings (SSSR count). The molecule has 0 bridgehead atoms. The Bertz CT molecular complexity index is 1660. The number of benzene rings is 2. The number of hydrogen-bond acceptors (Lipinski definition) is 8. The van der Waals surface area contributed by atoms with Crippen LogP contribution in [0.2, 0.25) is 5.02 Å². The number of halogens is 2. The minimum atomic E-state index is -0.261. The van der Waals surface area contributed by atoms with E-state index in [0.717, 1.165) is 25.1 Å². The third kappa shape index (κ3) is 7.73. The number of hydrogen-bond donors (Lipinski definition) is 2. The second-order valence-electron chi connectivity index (χ2n) is 9.88. The van der Waals surface area contributed by atoms with Crippen molar-refractivity contribution in [2.75, 3.05) is 30.8 Å². The van der Waals surface area contributed by atoms with Crippen LogP contribution < -0.4 is 20.1 Å². The van der Waals surface area contributed by atoms with E-state index in [4.69, 9.17) is 21.1 Å². The monoisotopic (exact) mass is 618 g/mol. The molecule has 0 radical (unpaired) electrons. The SMILES string of the molecule is CCOc1cc2ncc(C#N)c(Nc3ccc(OCc4ccccn4)c(Cl)c3)c2cc1NC(=O)/C=C/[C@H]1CCCN1C.Cl. The van der Waals surface area contributed by atoms with Gasteiger partial charge in [-0.3, -0.25) is 19.7 Å². The van der Waals surface area contributed by atoms with E-state index in [9.17, 15) is 10.1 Å². The third-order valence-electron chi connectivity index (χ3n) is 7.00. The van der Waals surface area contributed by atoms with E-state index in [1.807, 2.05) is 37.3 Å². The smallest absolute Gasteiger partial charge is 0.248 e. The summed E-state index contributed by atoms with van der Waals surface area (Å²) < 4.78 is 11.7. The zero-order chi connectivity index (χ0) is 29.5. The van der Waals surface area contributed by atoms with E-state index < -0.39 is 0 Å². The lowest BCUT2D eigenvalue weighted by molar-refractivity contribution is -0.112. The number of carbonyl (C=O) groups excluding carboxylic acids is 1. The van der Waals surface area contributed by atoms with Gasteiger partial charge in [0.25, 0.3) is 0 Å². The minimum absolute atomic E-state index is 0. The van der Waals surface area contributed by atoms with Crippen LogP contribution in [0.1, 0.15) is 31.0 Å². The van der Waals surface area contributed by atoms with Crippen molar-refractivity contribution < 1.29 is 14.3 Å². The molecule has 0 unspecified atom stereocenters. The second-order valence-corrected chi connectivity index (χ2v) is 10.3. The lowest BCUT2D eigenvalue weighted by Crippen LogP contribution is -2.23. The van der Waals surface area contributed by atoms with E-state index in [1.54, 1.807) is 36.5 Å². The third-order valence-corrected chi connectivity index (χ3v) is 7.29. The molecule has 2 aromatic carbocycles. The molecule has 4 aromatic rings. The Labute approximate surface area is 261 Å². The van der Waals surface area contributed by atoms with Crippen LogP contribution in [0.3, 0.4) is 0 Å². The first-order chi connectivity index (χ1) is 20.4. The van der Waals surface area contributed by atoms with Crippen molar-refractivity contribution in [1.29, 1.82) is 5.26 Å². The number of amides is 1. The predicted octanol–water partition coefficient (Wildman–Crippen LogP) is 6.89. The first-order valence-corrected chi connectivity index (χ1v) is 14.1. The molecule has 2 N–H and O–H groups in total. The van der Waals surface area contributed by atoms with Gasteiger partial charge in [-0.15, -0.1) is 12.4 Å². The maximum absolute atomic E-state index is 12.9. The van der Waals surface area contributed by atoms with Gasteiger partial charge in [-0.2, -0.15) is 5.26 Å². The average molecular weight is 620 g/mol. The van der Waals surface area contributed by atoms with E-state index in [1.165, 1.54) is 6.20 Å². The summed E-state index contributed by atoms with van der Waals surface area (Å²) in [5.74, 6) is 0.740. The van der Waals surface area contributed by atoms with Gasteiger partial charge in [0.15, 0.2) is 0 Å². The summed E-state index contributed by atoms with van der Waals surface area (Å²) in [5.41, 5.74) is 3.38. The zero-order valence-electron chi connectivity index (χ0n) is 23.8. The quantitative estimate of drug-likeness (QED) is 0.185. The van der Waals surface area contributed by atoms with Gasteiger partial charge in [0.1, 0.15) is 24.2 Å². The van der Waals surface area contributed by atoms with Gasteiger partial charge in [0.05, 0.1) is 39.8 Å². The Balaban J connectivity index is 0.00000423. The number of fused-ring (bicyclic) bond motifs is 1. The van der Waals surface area contributed by atoms with Crippen LogP contribution in [-0.2, 0) is 11.4 Å². The largest absolute Gasteiger partial charge is 0.492 e. The lowest BCUT2D eigenvalue weighted by Gasteiger charge is -2.17. The number of carbonyl (C=O) groups is 1. The van der Waals surface area contributed by atoms with Crippen molar-refractivity contribution in [3.63, 3.8) is 0 Å². The fraction of sp³-hybridized carbons (Fsp3) is 0.250. The molecule has 11 heteroatoms. The Morgan fingerprint density at radius 1 is 1.19 bits per heavy atom. The van der Waals surface area contributed by atoms with Gasteiger partial charge >= 0.3 is 0 Å². The number of nitrogens with zero attached hydrogens (tertiary/aromatic N) is 4. The number of rotatable bonds is 10. The summed E-state index contributed by atoms with van der Waals surface area (Å²) >= 11 is 6.54. The number of likely N-dealkylation sites (tertiary alicyclic amines) is 1. The van der Waals surface area contributed by atoms with Gasteiger partial charge in [-0.1, -0.05) is 23.7 Å². The number of nitrogens with one attached hydrogen (secondary N) is 2. The number of ether oxygens (including phenoxy) is 2. The van der Waals surface area contributed by atoms with E-state index in [-0.39, 0.29) is 31.0 Å². The van der Waals surface area contributed by atoms with Gasteiger partial charge in [0.2, 0.25) is 5.91 Å². The summed E-state index contributed by atoms with van der Waals surface area (Å²) in [4.78, 5) is 23.9. The summed E-state index contributed by atoms with van der Waals surface area (Å²) in [5, 5.41) is 17.2. The molecule has 1 amide bonds. The molecule has 0 saturated carbocycles. The Morgan fingerprint density at radius 2 is 2.05 bits per heavy atom. The molecule has 1 saturated heterocycles. The topological polar surface area (TPSA) is 112 Å². The van der Waals surface area contributed by atoms with Crippen LogP contribution in [-0.4, -0.2) is 47.0 Å². The predicted molar refractivity (Wildman–Crippen MR) is 172 cm³/mol. The molecular weight excluding hydrogens is 587 g/mol. The molecule has 0 spiro atoms. The molecule has 222 valence electrons.